The molecular weight excluding hydrogens is 259 g/mol. The van der Waals surface area contributed by atoms with E-state index in [0.29, 0.717) is 12.5 Å². The number of carbonyl (C=O) groups is 1. The van der Waals surface area contributed by atoms with Gasteiger partial charge < -0.3 is 10.1 Å². The van der Waals surface area contributed by atoms with Crippen LogP contribution < -0.4 is 5.32 Å². The van der Waals surface area contributed by atoms with Crippen LogP contribution in [-0.4, -0.2) is 12.7 Å². The third-order valence-corrected chi connectivity index (χ3v) is 2.35. The fraction of sp³-hybridized carbons (Fsp3) is 0.300. The number of halogens is 4. The molecule has 0 radical (unpaired) electrons. The van der Waals surface area contributed by atoms with E-state index in [2.05, 4.69) is 10.1 Å². The maximum Gasteiger partial charge on any atom is 0.407 e. The molecule has 1 aliphatic heterocycles. The first kappa shape index (κ1) is 13.6. The molecule has 1 saturated heterocycles. The Morgan fingerprint density at radius 3 is 2.47 bits per heavy atom. The third-order valence-electron chi connectivity index (χ3n) is 2.35. The Hall–Kier alpha value is -1.43. The van der Waals surface area contributed by atoms with Crippen molar-refractivity contribution in [2.45, 2.75) is 12.5 Å². The Morgan fingerprint density at radius 2 is 1.82 bits per heavy atom. The molecule has 1 aromatic rings. The minimum atomic E-state index is -1.25. The molecule has 7 heteroatoms. The highest BCUT2D eigenvalue weighted by Crippen LogP contribution is 2.24. The highest BCUT2D eigenvalue weighted by Gasteiger charge is 2.24. The molecule has 1 aromatic carbocycles. The van der Waals surface area contributed by atoms with Crippen molar-refractivity contribution in [2.75, 3.05) is 6.61 Å². The number of amides is 1. The third kappa shape index (κ3) is 2.82. The summed E-state index contributed by atoms with van der Waals surface area (Å²) in [6.07, 6.45) is -0.381. The minimum absolute atomic E-state index is 0. The smallest absolute Gasteiger partial charge is 0.407 e. The average Bonchev–Trinajstić information content (AvgIpc) is 2.23. The maximum atomic E-state index is 13.3. The lowest BCUT2D eigenvalue weighted by Crippen LogP contribution is -2.35. The molecule has 3 nitrogen and oxygen atoms in total. The van der Waals surface area contributed by atoms with Crippen LogP contribution in [0, 0.1) is 17.5 Å². The van der Waals surface area contributed by atoms with Crippen molar-refractivity contribution in [3.8, 4) is 0 Å². The van der Waals surface area contributed by atoms with Crippen molar-refractivity contribution >= 4 is 18.5 Å². The number of benzene rings is 1. The van der Waals surface area contributed by atoms with Crippen LogP contribution in [0.3, 0.4) is 0 Å². The van der Waals surface area contributed by atoms with Gasteiger partial charge in [-0.15, -0.1) is 12.4 Å². The predicted molar refractivity (Wildman–Crippen MR) is 55.4 cm³/mol. The molecule has 0 saturated carbocycles. The fourth-order valence-corrected chi connectivity index (χ4v) is 1.56. The van der Waals surface area contributed by atoms with Gasteiger partial charge in [-0.1, -0.05) is 0 Å². The SMILES string of the molecule is Cl.O=C1N[C@H](c2cc(F)c(F)cc2F)CCO1. The van der Waals surface area contributed by atoms with E-state index in [0.717, 1.165) is 6.07 Å². The second kappa shape index (κ2) is 5.27. The first-order valence-corrected chi connectivity index (χ1v) is 4.65. The van der Waals surface area contributed by atoms with Crippen LogP contribution in [0.2, 0.25) is 0 Å². The van der Waals surface area contributed by atoms with E-state index in [1.807, 2.05) is 0 Å². The Kier molecular flexibility index (Phi) is 4.22. The van der Waals surface area contributed by atoms with Gasteiger partial charge in [-0.05, 0) is 6.07 Å². The average molecular weight is 268 g/mol. The van der Waals surface area contributed by atoms with E-state index < -0.39 is 29.6 Å². The van der Waals surface area contributed by atoms with Crippen molar-refractivity contribution < 1.29 is 22.7 Å². The molecule has 0 unspecified atom stereocenters. The van der Waals surface area contributed by atoms with Gasteiger partial charge in [0.25, 0.3) is 0 Å². The first-order chi connectivity index (χ1) is 7.58. The summed E-state index contributed by atoms with van der Waals surface area (Å²) in [6, 6.07) is 0.532. The first-order valence-electron chi connectivity index (χ1n) is 4.65. The normalized spacial score (nSPS) is 19.0. The molecule has 0 aromatic heterocycles. The molecule has 1 heterocycles. The van der Waals surface area contributed by atoms with Gasteiger partial charge in [0.2, 0.25) is 0 Å². The molecule has 17 heavy (non-hydrogen) atoms. The lowest BCUT2D eigenvalue weighted by Gasteiger charge is -2.24. The lowest BCUT2D eigenvalue weighted by atomic mass is 10.0. The summed E-state index contributed by atoms with van der Waals surface area (Å²) >= 11 is 0. The van der Waals surface area contributed by atoms with E-state index >= 15 is 0 Å². The summed E-state index contributed by atoms with van der Waals surface area (Å²) in [6.45, 7) is 0.120. The predicted octanol–water partition coefficient (Wildman–Crippen LogP) is 2.70. The standard InChI is InChI=1S/C10H8F3NO2.ClH/c11-6-4-8(13)7(12)3-5(6)9-1-2-16-10(15)14-9;/h3-4,9H,1-2H2,(H,14,15);1H/t9-;/m0./s1. The van der Waals surface area contributed by atoms with Crippen LogP contribution in [-0.2, 0) is 4.74 Å². The van der Waals surface area contributed by atoms with E-state index in [1.165, 1.54) is 0 Å². The zero-order valence-corrected chi connectivity index (χ0v) is 9.32. The Labute approximate surface area is 101 Å². The van der Waals surface area contributed by atoms with Crippen molar-refractivity contribution in [1.82, 2.24) is 5.32 Å². The molecule has 94 valence electrons. The Balaban J connectivity index is 0.00000144. The largest absolute Gasteiger partial charge is 0.449 e. The highest BCUT2D eigenvalue weighted by molar-refractivity contribution is 5.85. The number of hydrogen-bond donors (Lipinski definition) is 1. The number of rotatable bonds is 1. The Bertz CT molecular complexity index is 442. The highest BCUT2D eigenvalue weighted by atomic mass is 35.5. The molecule has 1 aliphatic rings. The van der Waals surface area contributed by atoms with Gasteiger partial charge in [0.05, 0.1) is 12.6 Å². The molecule has 1 N–H and O–H groups in total. The van der Waals surface area contributed by atoms with Crippen molar-refractivity contribution in [3.63, 3.8) is 0 Å². The van der Waals surface area contributed by atoms with E-state index in [4.69, 9.17) is 0 Å². The molecule has 1 amide bonds. The van der Waals surface area contributed by atoms with Gasteiger partial charge in [-0.3, -0.25) is 0 Å². The number of carbonyl (C=O) groups excluding carboxylic acids is 1. The van der Waals surface area contributed by atoms with Gasteiger partial charge in [0, 0.05) is 18.1 Å². The fourth-order valence-electron chi connectivity index (χ4n) is 1.56. The van der Waals surface area contributed by atoms with Gasteiger partial charge in [-0.2, -0.15) is 0 Å². The summed E-state index contributed by atoms with van der Waals surface area (Å²) in [5, 5.41) is 2.33. The number of cyclic esters (lactones) is 1. The minimum Gasteiger partial charge on any atom is -0.449 e. The van der Waals surface area contributed by atoms with Crippen LogP contribution in [0.4, 0.5) is 18.0 Å². The summed E-state index contributed by atoms with van der Waals surface area (Å²) in [7, 11) is 0. The second-order valence-corrected chi connectivity index (χ2v) is 3.41. The zero-order chi connectivity index (χ0) is 11.7. The van der Waals surface area contributed by atoms with Crippen LogP contribution >= 0.6 is 12.4 Å². The van der Waals surface area contributed by atoms with Gasteiger partial charge in [-0.25, -0.2) is 18.0 Å². The summed E-state index contributed by atoms with van der Waals surface area (Å²) in [5.74, 6) is -3.28. The number of hydrogen-bond acceptors (Lipinski definition) is 2. The summed E-state index contributed by atoms with van der Waals surface area (Å²) in [5.41, 5.74) is -0.0736. The van der Waals surface area contributed by atoms with E-state index in [1.54, 1.807) is 0 Å². The molecule has 0 spiro atoms. The van der Waals surface area contributed by atoms with Crippen LogP contribution in [0.1, 0.15) is 18.0 Å². The lowest BCUT2D eigenvalue weighted by molar-refractivity contribution is 0.115. The molecule has 2 rings (SSSR count). The van der Waals surface area contributed by atoms with Crippen molar-refractivity contribution in [1.29, 1.82) is 0 Å². The van der Waals surface area contributed by atoms with Gasteiger partial charge in [0.1, 0.15) is 5.82 Å². The zero-order valence-electron chi connectivity index (χ0n) is 8.50. The van der Waals surface area contributed by atoms with Crippen LogP contribution in [0.15, 0.2) is 12.1 Å². The molecule has 1 atom stereocenters. The van der Waals surface area contributed by atoms with E-state index in [9.17, 15) is 18.0 Å². The molecule has 1 fully saturated rings. The number of nitrogens with one attached hydrogen (secondary N) is 1. The second-order valence-electron chi connectivity index (χ2n) is 3.41. The van der Waals surface area contributed by atoms with Gasteiger partial charge >= 0.3 is 6.09 Å². The number of ether oxygens (including phenoxy) is 1. The topological polar surface area (TPSA) is 38.3 Å². The molecule has 0 aliphatic carbocycles. The van der Waals surface area contributed by atoms with Crippen LogP contribution in [0.25, 0.3) is 0 Å². The van der Waals surface area contributed by atoms with Crippen molar-refractivity contribution in [3.05, 3.63) is 35.1 Å². The summed E-state index contributed by atoms with van der Waals surface area (Å²) < 4.78 is 43.5. The molecular formula is C10H9ClF3NO2. The van der Waals surface area contributed by atoms with Gasteiger partial charge in [0.15, 0.2) is 11.6 Å². The number of alkyl carbamates (subject to hydrolysis) is 1. The van der Waals surface area contributed by atoms with Crippen molar-refractivity contribution in [2.24, 2.45) is 0 Å². The monoisotopic (exact) mass is 267 g/mol. The Morgan fingerprint density at radius 1 is 1.18 bits per heavy atom. The summed E-state index contributed by atoms with van der Waals surface area (Å²) in [4.78, 5) is 10.9. The quantitative estimate of drug-likeness (QED) is 0.795. The van der Waals surface area contributed by atoms with E-state index in [-0.39, 0.29) is 24.6 Å². The van der Waals surface area contributed by atoms with Crippen LogP contribution in [0.5, 0.6) is 0 Å². The molecule has 0 bridgehead atoms. The maximum absolute atomic E-state index is 13.3.